The molecule has 7 heteroatoms. The molecule has 0 fully saturated rings. The van der Waals surface area contributed by atoms with Crippen LogP contribution in [0.15, 0.2) is 48.8 Å². The predicted octanol–water partition coefficient (Wildman–Crippen LogP) is 2.59. The number of benzene rings is 1. The van der Waals surface area contributed by atoms with Gasteiger partial charge in [-0.2, -0.15) is 0 Å². The Morgan fingerprint density at radius 2 is 1.55 bits per heavy atom. The van der Waals surface area contributed by atoms with Crippen LogP contribution >= 0.6 is 0 Å². The van der Waals surface area contributed by atoms with Gasteiger partial charge in [0.15, 0.2) is 0 Å². The number of nitrogens with zero attached hydrogens (tertiary/aromatic N) is 1. The molecule has 0 radical (unpaired) electrons. The molecule has 1 heterocycles. The fourth-order valence-corrected chi connectivity index (χ4v) is 1.53. The fourth-order valence-electron chi connectivity index (χ4n) is 1.53. The van der Waals surface area contributed by atoms with Gasteiger partial charge in [0.25, 0.3) is 0 Å². The maximum Gasteiger partial charge on any atom is 0.511 e. The molecule has 0 saturated carbocycles. The van der Waals surface area contributed by atoms with Crippen LogP contribution in [0, 0.1) is 0 Å². The summed E-state index contributed by atoms with van der Waals surface area (Å²) in [5, 5.41) is 0. The van der Waals surface area contributed by atoms with Crippen LogP contribution in [-0.4, -0.2) is 25.2 Å². The number of ether oxygens (including phenoxy) is 2. The summed E-state index contributed by atoms with van der Waals surface area (Å²) in [4.78, 5) is 3.52. The van der Waals surface area contributed by atoms with Crippen LogP contribution in [0.1, 0.15) is 0 Å². The van der Waals surface area contributed by atoms with Crippen molar-refractivity contribution < 1.29 is 22.4 Å². The molecule has 20 heavy (non-hydrogen) atoms. The first-order valence-electron chi connectivity index (χ1n) is 6.01. The monoisotopic (exact) mass is 282 g/mol. The highest BCUT2D eigenvalue weighted by Crippen LogP contribution is 2.13. The number of aromatic nitrogens is 1. The summed E-state index contributed by atoms with van der Waals surface area (Å²) in [7, 11) is 0. The number of rotatable bonds is 6. The van der Waals surface area contributed by atoms with E-state index >= 15 is 0 Å². The van der Waals surface area contributed by atoms with Gasteiger partial charge in [0.05, 0.1) is 6.20 Å². The minimum Gasteiger partial charge on any atom is -0.490 e. The van der Waals surface area contributed by atoms with Gasteiger partial charge < -0.3 is 22.4 Å². The number of para-hydroxylation sites is 1. The second-order valence-electron chi connectivity index (χ2n) is 4.04. The van der Waals surface area contributed by atoms with Crippen LogP contribution in [0.4, 0.5) is 12.9 Å². The van der Waals surface area contributed by atoms with Crippen molar-refractivity contribution in [3.8, 4) is 11.5 Å². The lowest BCUT2D eigenvalue weighted by molar-refractivity contribution is 0.216. The van der Waals surface area contributed by atoms with Gasteiger partial charge in [0.2, 0.25) is 0 Å². The number of pyridine rings is 1. The Morgan fingerprint density at radius 3 is 2.20 bits per heavy atom. The molecular weight excluding hydrogens is 270 g/mol. The Hall–Kier alpha value is -2.18. The smallest absolute Gasteiger partial charge is 0.490 e. The molecule has 0 N–H and O–H groups in total. The van der Waals surface area contributed by atoms with Crippen LogP contribution in [0.3, 0.4) is 0 Å². The lowest BCUT2D eigenvalue weighted by atomic mass is 9.81. The minimum absolute atomic E-state index is 0.0818. The summed E-state index contributed by atoms with van der Waals surface area (Å²) in [6.45, 7) is -4.68. The minimum atomic E-state index is -5.06. The van der Waals surface area contributed by atoms with E-state index in [0.29, 0.717) is 5.75 Å². The molecule has 1 aromatic heterocycles. The Bertz CT molecular complexity index is 549. The van der Waals surface area contributed by atoms with Crippen molar-refractivity contribution in [2.45, 2.75) is 0 Å². The van der Waals surface area contributed by atoms with E-state index in [1.54, 1.807) is 12.1 Å². The van der Waals surface area contributed by atoms with Crippen molar-refractivity contribution in [1.29, 1.82) is 0 Å². The van der Waals surface area contributed by atoms with Crippen LogP contribution in [0.25, 0.3) is 0 Å². The van der Waals surface area contributed by atoms with Crippen molar-refractivity contribution in [1.82, 2.24) is 4.98 Å². The standard InChI is InChI=1S/C13H12BF3NO2/c15-14(16,17)11-8-13(10-18-9-11)20-7-6-19-12-4-2-1-3-5-12/h1-5,8-10H,6-7H2/q-1. The van der Waals surface area contributed by atoms with Crippen LogP contribution in [-0.2, 0) is 0 Å². The average Bonchev–Trinajstić information content (AvgIpc) is 2.44. The molecule has 3 nitrogen and oxygen atoms in total. The zero-order valence-electron chi connectivity index (χ0n) is 10.5. The molecule has 0 aliphatic carbocycles. The Morgan fingerprint density at radius 1 is 0.900 bits per heavy atom. The van der Waals surface area contributed by atoms with E-state index in [4.69, 9.17) is 9.47 Å². The van der Waals surface area contributed by atoms with Gasteiger partial charge >= 0.3 is 6.98 Å². The first kappa shape index (κ1) is 14.2. The van der Waals surface area contributed by atoms with Crippen LogP contribution in [0.2, 0.25) is 0 Å². The van der Waals surface area contributed by atoms with Crippen molar-refractivity contribution in [2.24, 2.45) is 0 Å². The topological polar surface area (TPSA) is 31.4 Å². The van der Waals surface area contributed by atoms with E-state index in [-0.39, 0.29) is 19.0 Å². The van der Waals surface area contributed by atoms with Gasteiger partial charge in [-0.15, -0.1) is 0 Å². The molecule has 1 aromatic carbocycles. The van der Waals surface area contributed by atoms with E-state index in [2.05, 4.69) is 4.98 Å². The summed E-state index contributed by atoms with van der Waals surface area (Å²) in [5.74, 6) is 0.764. The van der Waals surface area contributed by atoms with Crippen molar-refractivity contribution in [2.75, 3.05) is 13.2 Å². The predicted molar refractivity (Wildman–Crippen MR) is 70.4 cm³/mol. The van der Waals surface area contributed by atoms with Gasteiger partial charge in [-0.1, -0.05) is 23.7 Å². The van der Waals surface area contributed by atoms with E-state index < -0.39 is 12.4 Å². The quantitative estimate of drug-likeness (QED) is 0.603. The molecule has 2 aromatic rings. The van der Waals surface area contributed by atoms with E-state index in [1.165, 1.54) is 6.20 Å². The second-order valence-corrected chi connectivity index (χ2v) is 4.04. The molecule has 0 saturated heterocycles. The van der Waals surface area contributed by atoms with Gasteiger partial charge in [-0.3, -0.25) is 4.98 Å². The Labute approximate surface area is 114 Å². The van der Waals surface area contributed by atoms with Gasteiger partial charge in [0.1, 0.15) is 24.7 Å². The SMILES string of the molecule is F[B-](F)(F)c1cncc(OCCOc2ccccc2)c1. The van der Waals surface area contributed by atoms with Crippen molar-refractivity contribution >= 4 is 12.4 Å². The van der Waals surface area contributed by atoms with E-state index in [9.17, 15) is 12.9 Å². The lowest BCUT2D eigenvalue weighted by Gasteiger charge is -2.15. The van der Waals surface area contributed by atoms with Crippen molar-refractivity contribution in [3.63, 3.8) is 0 Å². The molecule has 0 spiro atoms. The maximum atomic E-state index is 12.5. The highest BCUT2D eigenvalue weighted by atomic mass is 19.4. The Kier molecular flexibility index (Phi) is 4.50. The van der Waals surface area contributed by atoms with Crippen LogP contribution in [0.5, 0.6) is 11.5 Å². The summed E-state index contributed by atoms with van der Waals surface area (Å²) < 4.78 is 48.1. The average molecular weight is 282 g/mol. The van der Waals surface area contributed by atoms with Gasteiger partial charge in [0, 0.05) is 6.20 Å². The molecule has 0 aliphatic rings. The van der Waals surface area contributed by atoms with Gasteiger partial charge in [-0.25, -0.2) is 0 Å². The maximum absolute atomic E-state index is 12.5. The largest absolute Gasteiger partial charge is 0.511 e. The Balaban J connectivity index is 1.83. The molecule has 0 bridgehead atoms. The molecule has 0 atom stereocenters. The molecule has 2 rings (SSSR count). The van der Waals surface area contributed by atoms with E-state index in [0.717, 1.165) is 12.3 Å². The molecular formula is C13H12BF3NO2-. The highest BCUT2D eigenvalue weighted by molar-refractivity contribution is 6.73. The number of hydrogen-bond acceptors (Lipinski definition) is 3. The summed E-state index contributed by atoms with van der Waals surface area (Å²) >= 11 is 0. The highest BCUT2D eigenvalue weighted by Gasteiger charge is 2.26. The third-order valence-corrected chi connectivity index (χ3v) is 2.48. The molecule has 106 valence electrons. The summed E-state index contributed by atoms with van der Waals surface area (Å²) in [6.07, 6.45) is 2.03. The fraction of sp³-hybridized carbons (Fsp3) is 0.154. The number of halogens is 3. The first-order chi connectivity index (χ1) is 9.55. The normalized spacial score (nSPS) is 11.2. The van der Waals surface area contributed by atoms with Crippen molar-refractivity contribution in [3.05, 3.63) is 48.8 Å². The molecule has 0 unspecified atom stereocenters. The lowest BCUT2D eigenvalue weighted by Crippen LogP contribution is -2.34. The number of hydrogen-bond donors (Lipinski definition) is 0. The summed E-state index contributed by atoms with van der Waals surface area (Å²) in [5.41, 5.74) is -0.772. The van der Waals surface area contributed by atoms with Gasteiger partial charge in [-0.05, 0) is 18.2 Å². The third kappa shape index (κ3) is 4.19. The third-order valence-electron chi connectivity index (χ3n) is 2.48. The molecule has 0 amide bonds. The van der Waals surface area contributed by atoms with E-state index in [1.807, 2.05) is 18.2 Å². The second kappa shape index (κ2) is 6.32. The zero-order chi connectivity index (χ0) is 14.4. The first-order valence-corrected chi connectivity index (χ1v) is 6.01. The summed E-state index contributed by atoms with van der Waals surface area (Å²) in [6, 6.07) is 10.0. The van der Waals surface area contributed by atoms with Crippen LogP contribution < -0.4 is 14.9 Å². The zero-order valence-corrected chi connectivity index (χ0v) is 10.5. The molecule has 0 aliphatic heterocycles.